The zero-order valence-electron chi connectivity index (χ0n) is 10.2. The summed E-state index contributed by atoms with van der Waals surface area (Å²) in [5, 5.41) is 4.55. The molecule has 0 saturated carbocycles. The summed E-state index contributed by atoms with van der Waals surface area (Å²) in [5.74, 6) is 0. The number of pyridine rings is 1. The molecule has 0 bridgehead atoms. The molecule has 0 atom stereocenters. The van der Waals surface area contributed by atoms with Crippen LogP contribution in [-0.2, 0) is 6.54 Å². The van der Waals surface area contributed by atoms with Gasteiger partial charge in [-0.3, -0.25) is 4.98 Å². The van der Waals surface area contributed by atoms with E-state index in [9.17, 15) is 0 Å². The fraction of sp³-hybridized carbons (Fsp3) is 0.133. The first-order valence-corrected chi connectivity index (χ1v) is 5.94. The molecule has 18 heavy (non-hydrogen) atoms. The van der Waals surface area contributed by atoms with Gasteiger partial charge in [-0.25, -0.2) is 0 Å². The summed E-state index contributed by atoms with van der Waals surface area (Å²) in [4.78, 5) is 4.59. The van der Waals surface area contributed by atoms with E-state index in [1.54, 1.807) is 12.5 Å². The Kier molecular flexibility index (Phi) is 2.73. The van der Waals surface area contributed by atoms with E-state index in [1.165, 1.54) is 0 Å². The van der Waals surface area contributed by atoms with Crippen molar-refractivity contribution in [1.29, 1.82) is 0 Å². The van der Waals surface area contributed by atoms with Crippen molar-refractivity contribution < 1.29 is 4.42 Å². The number of hydrogen-bond donors (Lipinski definition) is 1. The van der Waals surface area contributed by atoms with Gasteiger partial charge >= 0.3 is 0 Å². The maximum Gasteiger partial charge on any atom is 0.0952 e. The average molecular weight is 238 g/mol. The quantitative estimate of drug-likeness (QED) is 0.755. The molecule has 1 aromatic carbocycles. The minimum atomic E-state index is 0.741. The van der Waals surface area contributed by atoms with Crippen LogP contribution < -0.4 is 5.32 Å². The summed E-state index contributed by atoms with van der Waals surface area (Å²) in [5.41, 5.74) is 4.22. The lowest BCUT2D eigenvalue weighted by Gasteiger charge is -2.08. The van der Waals surface area contributed by atoms with Gasteiger partial charge in [-0.05, 0) is 25.1 Å². The van der Waals surface area contributed by atoms with Crippen LogP contribution in [0.15, 0.2) is 53.3 Å². The molecule has 0 amide bonds. The standard InChI is InChI=1S/C15H14N2O/c1-11-5-6-13-3-2-4-14(15(13)17-11)16-9-12-7-8-18-10-12/h2-8,10,16H,9H2,1H3. The highest BCUT2D eigenvalue weighted by Crippen LogP contribution is 2.22. The molecule has 3 nitrogen and oxygen atoms in total. The number of aromatic nitrogens is 1. The Morgan fingerprint density at radius 3 is 2.94 bits per heavy atom. The van der Waals surface area contributed by atoms with Gasteiger partial charge in [-0.15, -0.1) is 0 Å². The molecule has 0 fully saturated rings. The van der Waals surface area contributed by atoms with E-state index in [0.29, 0.717) is 0 Å². The number of rotatable bonds is 3. The van der Waals surface area contributed by atoms with Crippen LogP contribution in [0.3, 0.4) is 0 Å². The summed E-state index contributed by atoms with van der Waals surface area (Å²) >= 11 is 0. The Bertz CT molecular complexity index is 659. The van der Waals surface area contributed by atoms with Crippen LogP contribution in [0.1, 0.15) is 11.3 Å². The van der Waals surface area contributed by atoms with Gasteiger partial charge in [0.2, 0.25) is 0 Å². The van der Waals surface area contributed by atoms with E-state index >= 15 is 0 Å². The highest BCUT2D eigenvalue weighted by atomic mass is 16.3. The molecule has 3 aromatic rings. The minimum absolute atomic E-state index is 0.741. The number of nitrogens with one attached hydrogen (secondary N) is 1. The number of fused-ring (bicyclic) bond motifs is 1. The van der Waals surface area contributed by atoms with Gasteiger partial charge in [0.05, 0.1) is 23.7 Å². The maximum absolute atomic E-state index is 5.05. The fourth-order valence-electron chi connectivity index (χ4n) is 1.98. The van der Waals surface area contributed by atoms with E-state index in [4.69, 9.17) is 4.42 Å². The smallest absolute Gasteiger partial charge is 0.0952 e. The number of anilines is 1. The van der Waals surface area contributed by atoms with Gasteiger partial charge in [0.1, 0.15) is 0 Å². The van der Waals surface area contributed by atoms with Crippen molar-refractivity contribution >= 4 is 16.6 Å². The highest BCUT2D eigenvalue weighted by molar-refractivity contribution is 5.90. The second-order valence-electron chi connectivity index (χ2n) is 4.32. The second-order valence-corrected chi connectivity index (χ2v) is 4.32. The first-order chi connectivity index (χ1) is 8.83. The SMILES string of the molecule is Cc1ccc2cccc(NCc3ccoc3)c2n1. The second kappa shape index (κ2) is 4.53. The molecule has 3 heteroatoms. The lowest BCUT2D eigenvalue weighted by Crippen LogP contribution is -1.99. The van der Waals surface area contributed by atoms with Crippen molar-refractivity contribution in [3.63, 3.8) is 0 Å². The number of aryl methyl sites for hydroxylation is 1. The molecule has 0 aliphatic rings. The number of para-hydroxylation sites is 1. The molecule has 0 saturated heterocycles. The lowest BCUT2D eigenvalue weighted by atomic mass is 10.1. The minimum Gasteiger partial charge on any atom is -0.472 e. The number of benzene rings is 1. The molecule has 2 aromatic heterocycles. The largest absolute Gasteiger partial charge is 0.472 e. The van der Waals surface area contributed by atoms with Crippen molar-refractivity contribution in [2.75, 3.05) is 5.32 Å². The summed E-state index contributed by atoms with van der Waals surface area (Å²) in [6.07, 6.45) is 3.43. The molecular weight excluding hydrogens is 224 g/mol. The predicted molar refractivity (Wildman–Crippen MR) is 72.5 cm³/mol. The molecule has 1 N–H and O–H groups in total. The van der Waals surface area contributed by atoms with Crippen LogP contribution in [0.5, 0.6) is 0 Å². The molecule has 90 valence electrons. The van der Waals surface area contributed by atoms with Crippen molar-refractivity contribution in [3.8, 4) is 0 Å². The van der Waals surface area contributed by atoms with Gasteiger partial charge in [0, 0.05) is 23.2 Å². The van der Waals surface area contributed by atoms with Gasteiger partial charge in [-0.1, -0.05) is 18.2 Å². The lowest BCUT2D eigenvalue weighted by molar-refractivity contribution is 0.564. The third-order valence-electron chi connectivity index (χ3n) is 2.92. The van der Waals surface area contributed by atoms with Crippen molar-refractivity contribution in [2.24, 2.45) is 0 Å². The third-order valence-corrected chi connectivity index (χ3v) is 2.92. The third kappa shape index (κ3) is 2.07. The van der Waals surface area contributed by atoms with Crippen molar-refractivity contribution in [1.82, 2.24) is 4.98 Å². The van der Waals surface area contributed by atoms with E-state index in [-0.39, 0.29) is 0 Å². The summed E-state index contributed by atoms with van der Waals surface area (Å²) in [6.45, 7) is 2.75. The number of hydrogen-bond acceptors (Lipinski definition) is 3. The molecule has 3 rings (SSSR count). The van der Waals surface area contributed by atoms with Gasteiger partial charge < -0.3 is 9.73 Å². The maximum atomic E-state index is 5.05. The van der Waals surface area contributed by atoms with Gasteiger partial charge in [0.25, 0.3) is 0 Å². The summed E-state index contributed by atoms with van der Waals surface area (Å²) in [6, 6.07) is 12.2. The first-order valence-electron chi connectivity index (χ1n) is 5.94. The van der Waals surface area contributed by atoms with Crippen molar-refractivity contribution in [3.05, 3.63) is 60.2 Å². The number of furan rings is 1. The van der Waals surface area contributed by atoms with E-state index in [1.807, 2.05) is 25.1 Å². The molecule has 0 spiro atoms. The molecule has 0 unspecified atom stereocenters. The molecular formula is C15H14N2O. The van der Waals surface area contributed by atoms with Crippen molar-refractivity contribution in [2.45, 2.75) is 13.5 Å². The summed E-state index contributed by atoms with van der Waals surface area (Å²) in [7, 11) is 0. The number of nitrogens with zero attached hydrogens (tertiary/aromatic N) is 1. The van der Waals surface area contributed by atoms with E-state index in [0.717, 1.165) is 34.4 Å². The van der Waals surface area contributed by atoms with Crippen LogP contribution in [-0.4, -0.2) is 4.98 Å². The van der Waals surface area contributed by atoms with Gasteiger partial charge in [-0.2, -0.15) is 0 Å². The Morgan fingerprint density at radius 2 is 2.11 bits per heavy atom. The Balaban J connectivity index is 1.93. The fourth-order valence-corrected chi connectivity index (χ4v) is 1.98. The van der Waals surface area contributed by atoms with Gasteiger partial charge in [0.15, 0.2) is 0 Å². The van der Waals surface area contributed by atoms with Crippen LogP contribution in [0.4, 0.5) is 5.69 Å². The Morgan fingerprint density at radius 1 is 1.17 bits per heavy atom. The molecule has 0 aliphatic heterocycles. The van der Waals surface area contributed by atoms with Crippen LogP contribution in [0.25, 0.3) is 10.9 Å². The molecule has 0 aliphatic carbocycles. The van der Waals surface area contributed by atoms with E-state index in [2.05, 4.69) is 28.5 Å². The van der Waals surface area contributed by atoms with Crippen LogP contribution in [0, 0.1) is 6.92 Å². The zero-order chi connectivity index (χ0) is 12.4. The predicted octanol–water partition coefficient (Wildman–Crippen LogP) is 3.75. The average Bonchev–Trinajstić information content (AvgIpc) is 2.89. The highest BCUT2D eigenvalue weighted by Gasteiger charge is 2.02. The monoisotopic (exact) mass is 238 g/mol. The van der Waals surface area contributed by atoms with E-state index < -0.39 is 0 Å². The zero-order valence-corrected chi connectivity index (χ0v) is 10.2. The van der Waals surface area contributed by atoms with Crippen LogP contribution in [0.2, 0.25) is 0 Å². The topological polar surface area (TPSA) is 38.1 Å². The van der Waals surface area contributed by atoms with Crippen LogP contribution >= 0.6 is 0 Å². The summed E-state index contributed by atoms with van der Waals surface area (Å²) < 4.78 is 5.05. The normalized spacial score (nSPS) is 10.7. The first kappa shape index (κ1) is 10.8. The Hall–Kier alpha value is -2.29. The molecule has 0 radical (unpaired) electrons. The Labute approximate surface area is 105 Å². The molecule has 2 heterocycles.